The van der Waals surface area contributed by atoms with E-state index in [1.54, 1.807) is 42.5 Å². The number of nitrogens with zero attached hydrogens (tertiary/aromatic N) is 2. The van der Waals surface area contributed by atoms with Gasteiger partial charge in [0, 0.05) is 17.7 Å². The Morgan fingerprint density at radius 3 is 2.21 bits per heavy atom. The SMILES string of the molecule is O=C1/C(=C/c2ccc([N+](=O)[O-])cc2)C=C(c2ccccc2)N1c1ccccc1O. The number of hydrogen-bond acceptors (Lipinski definition) is 4. The van der Waals surface area contributed by atoms with Gasteiger partial charge < -0.3 is 5.11 Å². The van der Waals surface area contributed by atoms with Crippen molar-refractivity contribution in [2.24, 2.45) is 0 Å². The van der Waals surface area contributed by atoms with Crippen LogP contribution in [0.5, 0.6) is 5.75 Å². The molecule has 0 aliphatic carbocycles. The number of carbonyl (C=O) groups excluding carboxylic acids is 1. The first-order valence-electron chi connectivity index (χ1n) is 8.90. The van der Waals surface area contributed by atoms with E-state index in [2.05, 4.69) is 0 Å². The predicted octanol–water partition coefficient (Wildman–Crippen LogP) is 4.77. The van der Waals surface area contributed by atoms with Gasteiger partial charge >= 0.3 is 0 Å². The molecular weight excluding hydrogens is 368 g/mol. The Balaban J connectivity index is 1.80. The van der Waals surface area contributed by atoms with Crippen molar-refractivity contribution in [2.45, 2.75) is 0 Å². The van der Waals surface area contributed by atoms with Gasteiger partial charge in [0.05, 0.1) is 16.3 Å². The lowest BCUT2D eigenvalue weighted by Gasteiger charge is -2.21. The number of amides is 1. The number of non-ortho nitro benzene ring substituents is 1. The molecule has 1 heterocycles. The summed E-state index contributed by atoms with van der Waals surface area (Å²) in [6, 6.07) is 22.1. The number of phenols is 1. The summed E-state index contributed by atoms with van der Waals surface area (Å²) in [5.41, 5.74) is 2.94. The minimum absolute atomic E-state index is 0.000679. The molecule has 142 valence electrons. The van der Waals surface area contributed by atoms with E-state index in [1.165, 1.54) is 23.1 Å². The third-order valence-corrected chi connectivity index (χ3v) is 4.60. The van der Waals surface area contributed by atoms with Crippen molar-refractivity contribution >= 4 is 29.1 Å². The first-order valence-corrected chi connectivity index (χ1v) is 8.90. The van der Waals surface area contributed by atoms with Gasteiger partial charge in [0.2, 0.25) is 0 Å². The summed E-state index contributed by atoms with van der Waals surface area (Å²) >= 11 is 0. The van der Waals surface area contributed by atoms with E-state index in [9.17, 15) is 20.0 Å². The molecule has 1 aliphatic rings. The summed E-state index contributed by atoms with van der Waals surface area (Å²) in [6.45, 7) is 0. The van der Waals surface area contributed by atoms with Crippen LogP contribution in [0.15, 0.2) is 90.5 Å². The number of anilines is 1. The van der Waals surface area contributed by atoms with Crippen LogP contribution in [0, 0.1) is 10.1 Å². The van der Waals surface area contributed by atoms with E-state index in [1.807, 2.05) is 30.3 Å². The Hall–Kier alpha value is -4.19. The molecule has 0 saturated heterocycles. The highest BCUT2D eigenvalue weighted by atomic mass is 16.6. The molecule has 0 unspecified atom stereocenters. The normalized spacial score (nSPS) is 14.9. The Morgan fingerprint density at radius 2 is 1.55 bits per heavy atom. The Kier molecular flexibility index (Phi) is 4.66. The quantitative estimate of drug-likeness (QED) is 0.399. The zero-order valence-electron chi connectivity index (χ0n) is 15.2. The molecule has 6 nitrogen and oxygen atoms in total. The van der Waals surface area contributed by atoms with Crippen molar-refractivity contribution in [2.75, 3.05) is 4.90 Å². The zero-order chi connectivity index (χ0) is 20.4. The second kappa shape index (κ2) is 7.44. The Labute approximate surface area is 166 Å². The molecule has 3 aromatic rings. The fourth-order valence-corrected chi connectivity index (χ4v) is 3.20. The van der Waals surface area contributed by atoms with Crippen LogP contribution in [0.3, 0.4) is 0 Å². The minimum Gasteiger partial charge on any atom is -0.506 e. The maximum absolute atomic E-state index is 13.2. The van der Waals surface area contributed by atoms with Crippen LogP contribution < -0.4 is 4.90 Å². The molecule has 4 rings (SSSR count). The average Bonchev–Trinajstić information content (AvgIpc) is 3.05. The maximum Gasteiger partial charge on any atom is 0.269 e. The summed E-state index contributed by atoms with van der Waals surface area (Å²) in [7, 11) is 0. The van der Waals surface area contributed by atoms with Crippen LogP contribution in [-0.4, -0.2) is 15.9 Å². The molecule has 1 N–H and O–H groups in total. The summed E-state index contributed by atoms with van der Waals surface area (Å²) in [5, 5.41) is 21.1. The van der Waals surface area contributed by atoms with Crippen molar-refractivity contribution in [1.29, 1.82) is 0 Å². The number of hydrogen-bond donors (Lipinski definition) is 1. The van der Waals surface area contributed by atoms with E-state index in [4.69, 9.17) is 0 Å². The molecular formula is C23H16N2O4. The molecule has 1 aliphatic heterocycles. The first-order chi connectivity index (χ1) is 14.0. The van der Waals surface area contributed by atoms with E-state index in [0.717, 1.165) is 5.56 Å². The van der Waals surface area contributed by atoms with Gasteiger partial charge in [0.25, 0.3) is 11.6 Å². The molecule has 0 aromatic heterocycles. The van der Waals surface area contributed by atoms with Crippen LogP contribution in [0.1, 0.15) is 11.1 Å². The lowest BCUT2D eigenvalue weighted by molar-refractivity contribution is -0.384. The highest BCUT2D eigenvalue weighted by molar-refractivity contribution is 6.23. The zero-order valence-corrected chi connectivity index (χ0v) is 15.2. The number of para-hydroxylation sites is 2. The molecule has 1 amide bonds. The second-order valence-corrected chi connectivity index (χ2v) is 6.47. The number of benzene rings is 3. The Bertz CT molecular complexity index is 1150. The number of nitro groups is 1. The van der Waals surface area contributed by atoms with Crippen molar-refractivity contribution in [3.8, 4) is 5.75 Å². The van der Waals surface area contributed by atoms with Gasteiger partial charge in [-0.2, -0.15) is 0 Å². The number of phenolic OH excluding ortho intramolecular Hbond substituents is 1. The fraction of sp³-hybridized carbons (Fsp3) is 0. The first kappa shape index (κ1) is 18.2. The minimum atomic E-state index is -0.467. The highest BCUT2D eigenvalue weighted by Gasteiger charge is 2.31. The fourth-order valence-electron chi connectivity index (χ4n) is 3.20. The lowest BCUT2D eigenvalue weighted by atomic mass is 10.1. The second-order valence-electron chi connectivity index (χ2n) is 6.47. The molecule has 0 saturated carbocycles. The van der Waals surface area contributed by atoms with Gasteiger partial charge in [-0.1, -0.05) is 42.5 Å². The smallest absolute Gasteiger partial charge is 0.269 e. The number of rotatable bonds is 4. The largest absolute Gasteiger partial charge is 0.506 e. The van der Waals surface area contributed by atoms with E-state index in [-0.39, 0.29) is 17.3 Å². The number of carbonyl (C=O) groups is 1. The maximum atomic E-state index is 13.2. The molecule has 0 atom stereocenters. The van der Waals surface area contributed by atoms with Crippen LogP contribution in [-0.2, 0) is 4.79 Å². The summed E-state index contributed by atoms with van der Waals surface area (Å²) in [4.78, 5) is 25.1. The summed E-state index contributed by atoms with van der Waals surface area (Å²) in [6.07, 6.45) is 3.43. The molecule has 29 heavy (non-hydrogen) atoms. The van der Waals surface area contributed by atoms with Crippen molar-refractivity contribution in [3.05, 3.63) is 112 Å². The van der Waals surface area contributed by atoms with Gasteiger partial charge in [-0.15, -0.1) is 0 Å². The van der Waals surface area contributed by atoms with Gasteiger partial charge in [-0.25, -0.2) is 0 Å². The molecule has 3 aromatic carbocycles. The molecule has 0 radical (unpaired) electrons. The van der Waals surface area contributed by atoms with Gasteiger partial charge in [-0.3, -0.25) is 19.8 Å². The predicted molar refractivity (Wildman–Crippen MR) is 111 cm³/mol. The van der Waals surface area contributed by atoms with E-state index in [0.29, 0.717) is 22.5 Å². The van der Waals surface area contributed by atoms with Crippen LogP contribution in [0.25, 0.3) is 11.8 Å². The van der Waals surface area contributed by atoms with Crippen molar-refractivity contribution < 1.29 is 14.8 Å². The topological polar surface area (TPSA) is 83.7 Å². The van der Waals surface area contributed by atoms with Crippen LogP contribution >= 0.6 is 0 Å². The summed E-state index contributed by atoms with van der Waals surface area (Å²) in [5.74, 6) is -0.289. The molecule has 6 heteroatoms. The van der Waals surface area contributed by atoms with Crippen molar-refractivity contribution in [1.82, 2.24) is 0 Å². The van der Waals surface area contributed by atoms with Gasteiger partial charge in [0.1, 0.15) is 5.75 Å². The van der Waals surface area contributed by atoms with Crippen LogP contribution in [0.4, 0.5) is 11.4 Å². The lowest BCUT2D eigenvalue weighted by Crippen LogP contribution is -2.25. The number of aromatic hydroxyl groups is 1. The van der Waals surface area contributed by atoms with Gasteiger partial charge in [-0.05, 0) is 47.5 Å². The summed E-state index contributed by atoms with van der Waals surface area (Å²) < 4.78 is 0. The third kappa shape index (κ3) is 3.51. The average molecular weight is 384 g/mol. The molecule has 0 fully saturated rings. The highest BCUT2D eigenvalue weighted by Crippen LogP contribution is 2.39. The van der Waals surface area contributed by atoms with Gasteiger partial charge in [0.15, 0.2) is 0 Å². The van der Waals surface area contributed by atoms with Crippen LogP contribution in [0.2, 0.25) is 0 Å². The van der Waals surface area contributed by atoms with Crippen molar-refractivity contribution in [3.63, 3.8) is 0 Å². The van der Waals surface area contributed by atoms with E-state index >= 15 is 0 Å². The molecule has 0 bridgehead atoms. The number of nitro benzene ring substituents is 1. The Morgan fingerprint density at radius 1 is 0.897 bits per heavy atom. The van der Waals surface area contributed by atoms with E-state index < -0.39 is 4.92 Å². The third-order valence-electron chi connectivity index (χ3n) is 4.60. The monoisotopic (exact) mass is 384 g/mol. The molecule has 0 spiro atoms. The standard InChI is InChI=1S/C23H16N2O4/c26-22-9-5-4-8-20(22)24-21(17-6-2-1-3-7-17)15-18(23(24)27)14-16-10-12-19(13-11-16)25(28)29/h1-15,26H/b18-14+.